The molecule has 0 spiro atoms. The molecule has 21 heavy (non-hydrogen) atoms. The molecule has 7 nitrogen and oxygen atoms in total. The molecule has 1 rings (SSSR count). The molecular weight excluding hydrogens is 274 g/mol. The summed E-state index contributed by atoms with van der Waals surface area (Å²) in [5.74, 6) is -0.472. The van der Waals surface area contributed by atoms with Gasteiger partial charge in [0.05, 0.1) is 0 Å². The van der Waals surface area contributed by atoms with Crippen molar-refractivity contribution in [2.75, 3.05) is 19.8 Å². The molecule has 0 saturated carbocycles. The molecule has 0 saturated heterocycles. The van der Waals surface area contributed by atoms with Crippen molar-refractivity contribution in [3.8, 4) is 0 Å². The van der Waals surface area contributed by atoms with Crippen LogP contribution in [0.1, 0.15) is 36.5 Å². The van der Waals surface area contributed by atoms with Crippen molar-refractivity contribution < 1.29 is 9.53 Å². The predicted octanol–water partition coefficient (Wildman–Crippen LogP) is 0.0206. The number of aryl methyl sites for hydroxylation is 1. The first-order valence-corrected chi connectivity index (χ1v) is 7.11. The standard InChI is InChI=1S/C14H23N3O4/c1-4-5-8-21-9-6-7-15-12(18)11-10-16(2)14(20)17(3)13(11)19/h10H,4-9H2,1-3H3,(H,15,18). The molecule has 1 heterocycles. The summed E-state index contributed by atoms with van der Waals surface area (Å²) in [6.45, 7) is 3.82. The Hall–Kier alpha value is -1.89. The number of nitrogens with one attached hydrogen (secondary N) is 1. The summed E-state index contributed by atoms with van der Waals surface area (Å²) in [5, 5.41) is 2.66. The number of rotatable bonds is 8. The molecule has 1 aromatic heterocycles. The van der Waals surface area contributed by atoms with Crippen LogP contribution in [0.2, 0.25) is 0 Å². The molecule has 0 atom stereocenters. The zero-order valence-electron chi connectivity index (χ0n) is 12.8. The summed E-state index contributed by atoms with van der Waals surface area (Å²) >= 11 is 0. The Morgan fingerprint density at radius 2 is 1.90 bits per heavy atom. The van der Waals surface area contributed by atoms with E-state index in [1.54, 1.807) is 0 Å². The lowest BCUT2D eigenvalue weighted by molar-refractivity contribution is 0.0937. The van der Waals surface area contributed by atoms with E-state index in [4.69, 9.17) is 4.74 Å². The van der Waals surface area contributed by atoms with Crippen molar-refractivity contribution >= 4 is 5.91 Å². The molecule has 0 fully saturated rings. The van der Waals surface area contributed by atoms with Gasteiger partial charge in [-0.3, -0.25) is 14.2 Å². The molecule has 0 unspecified atom stereocenters. The fraction of sp³-hybridized carbons (Fsp3) is 0.643. The molecule has 1 N–H and O–H groups in total. The molecule has 0 aliphatic heterocycles. The normalized spacial score (nSPS) is 10.6. The maximum Gasteiger partial charge on any atom is 0.330 e. The highest BCUT2D eigenvalue weighted by molar-refractivity contribution is 5.93. The van der Waals surface area contributed by atoms with E-state index < -0.39 is 17.2 Å². The van der Waals surface area contributed by atoms with Gasteiger partial charge in [0.2, 0.25) is 0 Å². The first kappa shape index (κ1) is 17.2. The third-order valence-corrected chi connectivity index (χ3v) is 3.08. The third-order valence-electron chi connectivity index (χ3n) is 3.08. The van der Waals surface area contributed by atoms with Crippen LogP contribution in [0.5, 0.6) is 0 Å². The van der Waals surface area contributed by atoms with Crippen molar-refractivity contribution in [1.29, 1.82) is 0 Å². The third kappa shape index (κ3) is 4.86. The molecule has 1 aromatic rings. The average molecular weight is 297 g/mol. The summed E-state index contributed by atoms with van der Waals surface area (Å²) in [4.78, 5) is 35.3. The van der Waals surface area contributed by atoms with Gasteiger partial charge in [0.1, 0.15) is 5.56 Å². The topological polar surface area (TPSA) is 82.3 Å². The fourth-order valence-corrected chi connectivity index (χ4v) is 1.78. The van der Waals surface area contributed by atoms with E-state index in [1.165, 1.54) is 24.9 Å². The maximum absolute atomic E-state index is 11.9. The molecule has 0 aromatic carbocycles. The number of hydrogen-bond acceptors (Lipinski definition) is 4. The number of aromatic nitrogens is 2. The van der Waals surface area contributed by atoms with Crippen LogP contribution < -0.4 is 16.6 Å². The molecule has 7 heteroatoms. The van der Waals surface area contributed by atoms with Crippen molar-refractivity contribution in [3.63, 3.8) is 0 Å². The van der Waals surface area contributed by atoms with Gasteiger partial charge in [0, 0.05) is 40.1 Å². The largest absolute Gasteiger partial charge is 0.381 e. The Morgan fingerprint density at radius 1 is 1.24 bits per heavy atom. The SMILES string of the molecule is CCCCOCCCNC(=O)c1cn(C)c(=O)n(C)c1=O. The highest BCUT2D eigenvalue weighted by Gasteiger charge is 2.13. The zero-order chi connectivity index (χ0) is 15.8. The van der Waals surface area contributed by atoms with Crippen LogP contribution in [0.4, 0.5) is 0 Å². The van der Waals surface area contributed by atoms with Crippen LogP contribution in [-0.2, 0) is 18.8 Å². The zero-order valence-corrected chi connectivity index (χ0v) is 12.8. The summed E-state index contributed by atoms with van der Waals surface area (Å²) in [6.07, 6.45) is 4.06. The maximum atomic E-state index is 11.9. The number of carbonyl (C=O) groups is 1. The van der Waals surface area contributed by atoms with E-state index in [1.807, 2.05) is 0 Å². The number of unbranched alkanes of at least 4 members (excludes halogenated alkanes) is 1. The minimum absolute atomic E-state index is 0.0356. The number of nitrogens with zero attached hydrogens (tertiary/aromatic N) is 2. The monoisotopic (exact) mass is 297 g/mol. The van der Waals surface area contributed by atoms with Crippen molar-refractivity contribution in [2.45, 2.75) is 26.2 Å². The number of carbonyl (C=O) groups excluding carboxylic acids is 1. The lowest BCUT2D eigenvalue weighted by atomic mass is 10.3. The van der Waals surface area contributed by atoms with E-state index in [-0.39, 0.29) is 5.56 Å². The average Bonchev–Trinajstić information content (AvgIpc) is 2.47. The van der Waals surface area contributed by atoms with Gasteiger partial charge in [-0.15, -0.1) is 0 Å². The van der Waals surface area contributed by atoms with Crippen molar-refractivity contribution in [1.82, 2.24) is 14.5 Å². The highest BCUT2D eigenvalue weighted by Crippen LogP contribution is 1.91. The number of hydrogen-bond donors (Lipinski definition) is 1. The molecule has 0 radical (unpaired) electrons. The van der Waals surface area contributed by atoms with Gasteiger partial charge in [-0.2, -0.15) is 0 Å². The van der Waals surface area contributed by atoms with Gasteiger partial charge in [-0.1, -0.05) is 13.3 Å². The lowest BCUT2D eigenvalue weighted by Crippen LogP contribution is -2.42. The van der Waals surface area contributed by atoms with E-state index in [2.05, 4.69) is 12.2 Å². The highest BCUT2D eigenvalue weighted by atomic mass is 16.5. The summed E-state index contributed by atoms with van der Waals surface area (Å²) in [7, 11) is 2.85. The van der Waals surface area contributed by atoms with Gasteiger partial charge in [-0.25, -0.2) is 4.79 Å². The second kappa shape index (κ2) is 8.41. The second-order valence-corrected chi connectivity index (χ2v) is 4.88. The Labute approximate surface area is 123 Å². The Bertz CT molecular complexity index is 589. The van der Waals surface area contributed by atoms with Gasteiger partial charge in [0.15, 0.2) is 0 Å². The lowest BCUT2D eigenvalue weighted by Gasteiger charge is -2.08. The minimum Gasteiger partial charge on any atom is -0.381 e. The van der Waals surface area contributed by atoms with Gasteiger partial charge >= 0.3 is 5.69 Å². The minimum atomic E-state index is -0.588. The van der Waals surface area contributed by atoms with E-state index in [9.17, 15) is 14.4 Å². The first-order valence-electron chi connectivity index (χ1n) is 7.11. The molecule has 0 aliphatic rings. The van der Waals surface area contributed by atoms with Crippen molar-refractivity contribution in [2.24, 2.45) is 14.1 Å². The quantitative estimate of drug-likeness (QED) is 0.686. The predicted molar refractivity (Wildman–Crippen MR) is 79.6 cm³/mol. The van der Waals surface area contributed by atoms with E-state index in [0.29, 0.717) is 19.6 Å². The fourth-order valence-electron chi connectivity index (χ4n) is 1.78. The van der Waals surface area contributed by atoms with Gasteiger partial charge < -0.3 is 14.6 Å². The van der Waals surface area contributed by atoms with Crippen LogP contribution >= 0.6 is 0 Å². The van der Waals surface area contributed by atoms with Gasteiger partial charge in [-0.05, 0) is 12.8 Å². The first-order chi connectivity index (χ1) is 9.99. The number of amides is 1. The van der Waals surface area contributed by atoms with Crippen LogP contribution in [0.15, 0.2) is 15.8 Å². The van der Waals surface area contributed by atoms with Crippen LogP contribution in [-0.4, -0.2) is 34.8 Å². The Morgan fingerprint density at radius 3 is 2.57 bits per heavy atom. The summed E-state index contributed by atoms with van der Waals surface area (Å²) in [6, 6.07) is 0. The Kier molecular flexibility index (Phi) is 6.87. The smallest absolute Gasteiger partial charge is 0.330 e. The Balaban J connectivity index is 2.50. The molecule has 0 bridgehead atoms. The molecule has 118 valence electrons. The molecule has 0 aliphatic carbocycles. The van der Waals surface area contributed by atoms with Crippen LogP contribution in [0.25, 0.3) is 0 Å². The molecular formula is C14H23N3O4. The summed E-state index contributed by atoms with van der Waals surface area (Å²) < 4.78 is 7.51. The van der Waals surface area contributed by atoms with E-state index >= 15 is 0 Å². The summed E-state index contributed by atoms with van der Waals surface area (Å²) in [5.41, 5.74) is -1.08. The number of ether oxygens (including phenoxy) is 1. The molecule has 1 amide bonds. The van der Waals surface area contributed by atoms with Crippen LogP contribution in [0, 0.1) is 0 Å². The van der Waals surface area contributed by atoms with E-state index in [0.717, 1.165) is 24.0 Å². The second-order valence-electron chi connectivity index (χ2n) is 4.88. The van der Waals surface area contributed by atoms with Gasteiger partial charge in [0.25, 0.3) is 11.5 Å². The van der Waals surface area contributed by atoms with Crippen LogP contribution in [0.3, 0.4) is 0 Å². The van der Waals surface area contributed by atoms with Crippen molar-refractivity contribution in [3.05, 3.63) is 32.6 Å².